The summed E-state index contributed by atoms with van der Waals surface area (Å²) in [7, 11) is 3.08. The quantitative estimate of drug-likeness (QED) is 0.355. The van der Waals surface area contributed by atoms with Crippen molar-refractivity contribution < 1.29 is 19.1 Å². The van der Waals surface area contributed by atoms with Gasteiger partial charge in [-0.3, -0.25) is 9.59 Å². The molecule has 0 aliphatic heterocycles. The summed E-state index contributed by atoms with van der Waals surface area (Å²) < 4.78 is 6.53. The molecule has 10 heteroatoms. The van der Waals surface area contributed by atoms with Crippen LogP contribution in [0.25, 0.3) is 0 Å². The minimum Gasteiger partial charge on any atom is -0.465 e. The number of methoxy groups -OCH3 is 1. The van der Waals surface area contributed by atoms with Crippen molar-refractivity contribution >= 4 is 35.2 Å². The van der Waals surface area contributed by atoms with E-state index in [0.29, 0.717) is 22.2 Å². The van der Waals surface area contributed by atoms with E-state index < -0.39 is 5.97 Å². The van der Waals surface area contributed by atoms with Crippen LogP contribution in [0.2, 0.25) is 0 Å². The zero-order valence-corrected chi connectivity index (χ0v) is 20.3. The molecule has 1 atom stereocenters. The first-order chi connectivity index (χ1) is 16.3. The van der Waals surface area contributed by atoms with Gasteiger partial charge in [-0.2, -0.15) is 0 Å². The van der Waals surface area contributed by atoms with Gasteiger partial charge >= 0.3 is 5.97 Å². The molecule has 2 aromatic carbocycles. The summed E-state index contributed by atoms with van der Waals surface area (Å²) in [4.78, 5) is 37.1. The topological polar surface area (TPSA) is 115 Å². The Labute approximate surface area is 202 Å². The lowest BCUT2D eigenvalue weighted by Crippen LogP contribution is -2.33. The molecule has 9 nitrogen and oxygen atoms in total. The lowest BCUT2D eigenvalue weighted by molar-refractivity contribution is -0.113. The Kier molecular flexibility index (Phi) is 8.42. The highest BCUT2D eigenvalue weighted by atomic mass is 32.2. The third kappa shape index (κ3) is 6.02. The number of nitrogens with one attached hydrogen (secondary N) is 2. The SMILES string of the molecule is COC(=O)c1ccccc1NC(=O)CSc1nnc([C@@H](NC(=O)c2ccccc2)C(C)C)n1C. The molecule has 178 valence electrons. The van der Waals surface area contributed by atoms with E-state index in [1.165, 1.54) is 18.9 Å². The van der Waals surface area contributed by atoms with E-state index in [0.717, 1.165) is 0 Å². The van der Waals surface area contributed by atoms with Crippen molar-refractivity contribution in [1.82, 2.24) is 20.1 Å². The fourth-order valence-corrected chi connectivity index (χ4v) is 3.98. The first kappa shape index (κ1) is 25.0. The van der Waals surface area contributed by atoms with E-state index >= 15 is 0 Å². The van der Waals surface area contributed by atoms with Crippen LogP contribution in [0, 0.1) is 5.92 Å². The average Bonchev–Trinajstić information content (AvgIpc) is 3.21. The zero-order valence-electron chi connectivity index (χ0n) is 19.4. The highest BCUT2D eigenvalue weighted by Crippen LogP contribution is 2.25. The van der Waals surface area contributed by atoms with Crippen LogP contribution in [0.3, 0.4) is 0 Å². The molecule has 34 heavy (non-hydrogen) atoms. The second-order valence-electron chi connectivity index (χ2n) is 7.83. The maximum atomic E-state index is 12.7. The molecular formula is C24H27N5O4S. The van der Waals surface area contributed by atoms with Crippen molar-refractivity contribution in [2.24, 2.45) is 13.0 Å². The normalized spacial score (nSPS) is 11.7. The third-order valence-corrected chi connectivity index (χ3v) is 6.10. The number of hydrogen-bond donors (Lipinski definition) is 2. The molecule has 0 fully saturated rings. The number of thioether (sulfide) groups is 1. The standard InChI is InChI=1S/C24H27N5O4S/c1-15(2)20(26-22(31)16-10-6-5-7-11-16)21-27-28-24(29(21)3)34-14-19(30)25-18-13-9-8-12-17(18)23(32)33-4/h5-13,15,20H,14H2,1-4H3,(H,25,30)(H,26,31)/t20-/m0/s1. The molecular weight excluding hydrogens is 454 g/mol. The molecule has 3 rings (SSSR count). The molecule has 0 bridgehead atoms. The molecule has 0 unspecified atom stereocenters. The number of hydrogen-bond acceptors (Lipinski definition) is 7. The van der Waals surface area contributed by atoms with Crippen LogP contribution in [0.1, 0.15) is 46.4 Å². The Morgan fingerprint density at radius 1 is 1.03 bits per heavy atom. The number of aromatic nitrogens is 3. The average molecular weight is 482 g/mol. The fourth-order valence-electron chi connectivity index (χ4n) is 3.26. The van der Waals surface area contributed by atoms with Crippen LogP contribution in [0.5, 0.6) is 0 Å². The van der Waals surface area contributed by atoms with Crippen molar-refractivity contribution in [3.05, 3.63) is 71.5 Å². The highest BCUT2D eigenvalue weighted by molar-refractivity contribution is 7.99. The predicted molar refractivity (Wildman–Crippen MR) is 130 cm³/mol. The summed E-state index contributed by atoms with van der Waals surface area (Å²) in [6.45, 7) is 3.98. The van der Waals surface area contributed by atoms with Gasteiger partial charge in [0.2, 0.25) is 5.91 Å². The number of benzene rings is 2. The van der Waals surface area contributed by atoms with Gasteiger partial charge < -0.3 is 19.9 Å². The lowest BCUT2D eigenvalue weighted by Gasteiger charge is -2.21. The third-order valence-electron chi connectivity index (χ3n) is 5.07. The Bertz CT molecular complexity index is 1160. The van der Waals surface area contributed by atoms with E-state index in [4.69, 9.17) is 4.74 Å². The molecule has 1 heterocycles. The van der Waals surface area contributed by atoms with Gasteiger partial charge in [-0.15, -0.1) is 10.2 Å². The molecule has 0 saturated heterocycles. The van der Waals surface area contributed by atoms with Gasteiger partial charge in [-0.05, 0) is 30.2 Å². The largest absolute Gasteiger partial charge is 0.465 e. The van der Waals surface area contributed by atoms with Gasteiger partial charge in [0, 0.05) is 12.6 Å². The maximum Gasteiger partial charge on any atom is 0.339 e. The summed E-state index contributed by atoms with van der Waals surface area (Å²) in [5, 5.41) is 14.8. The lowest BCUT2D eigenvalue weighted by atomic mass is 10.0. The summed E-state index contributed by atoms with van der Waals surface area (Å²) in [5.74, 6) is -0.308. The molecule has 0 aliphatic carbocycles. The molecule has 0 radical (unpaired) electrons. The van der Waals surface area contributed by atoms with Crippen LogP contribution in [0.4, 0.5) is 5.69 Å². The summed E-state index contributed by atoms with van der Waals surface area (Å²) >= 11 is 1.21. The molecule has 2 N–H and O–H groups in total. The smallest absolute Gasteiger partial charge is 0.339 e. The molecule has 2 amide bonds. The van der Waals surface area contributed by atoms with Gasteiger partial charge in [0.1, 0.15) is 0 Å². The monoisotopic (exact) mass is 481 g/mol. The molecule has 0 aliphatic rings. The van der Waals surface area contributed by atoms with Gasteiger partial charge in [0.15, 0.2) is 11.0 Å². The first-order valence-corrected chi connectivity index (χ1v) is 11.7. The number of carbonyl (C=O) groups excluding carboxylic acids is 3. The molecule has 0 saturated carbocycles. The number of rotatable bonds is 9. The molecule has 1 aromatic heterocycles. The predicted octanol–water partition coefficient (Wildman–Crippen LogP) is 3.46. The second-order valence-corrected chi connectivity index (χ2v) is 8.78. The van der Waals surface area contributed by atoms with Crippen molar-refractivity contribution in [3.63, 3.8) is 0 Å². The van der Waals surface area contributed by atoms with E-state index in [1.807, 2.05) is 32.0 Å². The molecule has 3 aromatic rings. The second kappa shape index (κ2) is 11.5. The van der Waals surface area contributed by atoms with E-state index in [2.05, 4.69) is 20.8 Å². The number of esters is 1. The van der Waals surface area contributed by atoms with Crippen LogP contribution in [-0.4, -0.2) is 45.4 Å². The number of amides is 2. The van der Waals surface area contributed by atoms with Gasteiger partial charge in [-0.25, -0.2) is 4.79 Å². The van der Waals surface area contributed by atoms with Crippen molar-refractivity contribution in [3.8, 4) is 0 Å². The summed E-state index contributed by atoms with van der Waals surface area (Å²) in [6, 6.07) is 15.3. The van der Waals surface area contributed by atoms with Crippen molar-refractivity contribution in [1.29, 1.82) is 0 Å². The first-order valence-electron chi connectivity index (χ1n) is 10.7. The number of nitrogens with zero attached hydrogens (tertiary/aromatic N) is 3. The van der Waals surface area contributed by atoms with Gasteiger partial charge in [0.05, 0.1) is 30.2 Å². The number of ether oxygens (including phenoxy) is 1. The summed E-state index contributed by atoms with van der Waals surface area (Å²) in [5.41, 5.74) is 1.22. The van der Waals surface area contributed by atoms with Crippen LogP contribution >= 0.6 is 11.8 Å². The van der Waals surface area contributed by atoms with E-state index in [1.54, 1.807) is 48.0 Å². The Morgan fingerprint density at radius 3 is 2.38 bits per heavy atom. The number of para-hydroxylation sites is 1. The minimum absolute atomic E-state index is 0.0597. The summed E-state index contributed by atoms with van der Waals surface area (Å²) in [6.07, 6.45) is 0. The van der Waals surface area contributed by atoms with Gasteiger partial charge in [-0.1, -0.05) is 55.9 Å². The van der Waals surface area contributed by atoms with Crippen molar-refractivity contribution in [2.45, 2.75) is 25.0 Å². The van der Waals surface area contributed by atoms with Crippen LogP contribution < -0.4 is 10.6 Å². The Hall–Kier alpha value is -3.66. The Morgan fingerprint density at radius 2 is 1.71 bits per heavy atom. The number of anilines is 1. The van der Waals surface area contributed by atoms with E-state index in [-0.39, 0.29) is 35.1 Å². The number of carbonyl (C=O) groups is 3. The fraction of sp³-hybridized carbons (Fsp3) is 0.292. The van der Waals surface area contributed by atoms with Gasteiger partial charge in [0.25, 0.3) is 5.91 Å². The molecule has 0 spiro atoms. The highest BCUT2D eigenvalue weighted by Gasteiger charge is 2.25. The zero-order chi connectivity index (χ0) is 24.7. The van der Waals surface area contributed by atoms with Crippen LogP contribution in [0.15, 0.2) is 59.8 Å². The van der Waals surface area contributed by atoms with Crippen LogP contribution in [-0.2, 0) is 16.6 Å². The van der Waals surface area contributed by atoms with Crippen molar-refractivity contribution in [2.75, 3.05) is 18.2 Å². The minimum atomic E-state index is -0.529. The Balaban J connectivity index is 1.67. The van der Waals surface area contributed by atoms with E-state index in [9.17, 15) is 14.4 Å². The maximum absolute atomic E-state index is 12.7.